The van der Waals surface area contributed by atoms with Gasteiger partial charge in [-0.25, -0.2) is 0 Å². The van der Waals surface area contributed by atoms with Crippen LogP contribution in [-0.2, 0) is 0 Å². The maximum atomic E-state index is 4.26. The Kier molecular flexibility index (Phi) is 1.96. The van der Waals surface area contributed by atoms with Gasteiger partial charge in [0.1, 0.15) is 11.0 Å². The minimum atomic E-state index is 0.980. The summed E-state index contributed by atoms with van der Waals surface area (Å²) in [5.41, 5.74) is 4.36. The van der Waals surface area contributed by atoms with Crippen molar-refractivity contribution in [1.82, 2.24) is 19.2 Å². The number of aromatic nitrogens is 4. The van der Waals surface area contributed by atoms with Crippen LogP contribution in [-0.4, -0.2) is 19.2 Å². The second-order valence-corrected chi connectivity index (χ2v) is 5.89. The smallest absolute Gasteiger partial charge is 0.114 e. The minimum Gasteiger partial charge on any atom is -0.137 e. The van der Waals surface area contributed by atoms with Gasteiger partial charge < -0.3 is 0 Å². The molecule has 0 aliphatic heterocycles. The Balaban J connectivity index is 2.40. The lowest BCUT2D eigenvalue weighted by Crippen LogP contribution is -1.84. The highest BCUT2D eigenvalue weighted by Gasteiger charge is 2.13. The summed E-state index contributed by atoms with van der Waals surface area (Å²) in [6.07, 6.45) is 0. The first-order valence-corrected chi connectivity index (χ1v) is 7.07. The third kappa shape index (κ3) is 1.19. The second-order valence-electron chi connectivity index (χ2n) is 4.38. The van der Waals surface area contributed by atoms with Gasteiger partial charge in [-0.1, -0.05) is 8.98 Å². The molecule has 0 radical (unpaired) electrons. The molecule has 0 fully saturated rings. The Morgan fingerprint density at radius 2 is 1.22 bits per heavy atom. The molecule has 0 bridgehead atoms. The lowest BCUT2D eigenvalue weighted by atomic mass is 10.0. The summed E-state index contributed by atoms with van der Waals surface area (Å²) < 4.78 is 10.4. The van der Waals surface area contributed by atoms with Crippen molar-refractivity contribution >= 4 is 54.3 Å². The number of hydrogen-bond acceptors (Lipinski definition) is 6. The number of hydrogen-bond donors (Lipinski definition) is 0. The van der Waals surface area contributed by atoms with Crippen molar-refractivity contribution in [3.05, 3.63) is 23.3 Å². The van der Waals surface area contributed by atoms with Gasteiger partial charge in [-0.15, -0.1) is 10.2 Å². The van der Waals surface area contributed by atoms with Gasteiger partial charge >= 0.3 is 0 Å². The molecule has 4 nitrogen and oxygen atoms in total. The number of nitrogens with zero attached hydrogens (tertiary/aromatic N) is 4. The fourth-order valence-electron chi connectivity index (χ4n) is 2.36. The normalized spacial score (nSPS) is 11.9. The summed E-state index contributed by atoms with van der Waals surface area (Å²) in [5, 5.41) is 10.8. The first-order valence-electron chi connectivity index (χ1n) is 5.53. The SMILES string of the molecule is Cc1cc2c(cc(C)c3snnc32)c2nnsc12. The van der Waals surface area contributed by atoms with E-state index in [2.05, 4.69) is 45.2 Å². The molecule has 2 heterocycles. The van der Waals surface area contributed by atoms with Crippen molar-refractivity contribution in [3.8, 4) is 0 Å². The summed E-state index contributed by atoms with van der Waals surface area (Å²) in [5.74, 6) is 0. The Morgan fingerprint density at radius 3 is 1.67 bits per heavy atom. The van der Waals surface area contributed by atoms with Gasteiger partial charge in [0.25, 0.3) is 0 Å². The molecule has 0 amide bonds. The van der Waals surface area contributed by atoms with Crippen LogP contribution in [0.5, 0.6) is 0 Å². The lowest BCUT2D eigenvalue weighted by molar-refractivity contribution is 1.20. The Labute approximate surface area is 111 Å². The zero-order chi connectivity index (χ0) is 12.3. The zero-order valence-corrected chi connectivity index (χ0v) is 11.4. The molecule has 0 spiro atoms. The quantitative estimate of drug-likeness (QED) is 0.492. The van der Waals surface area contributed by atoms with Crippen LogP contribution < -0.4 is 0 Å². The first-order chi connectivity index (χ1) is 8.75. The molecule has 0 aliphatic carbocycles. The molecule has 88 valence electrons. The molecular weight excluding hydrogens is 264 g/mol. The van der Waals surface area contributed by atoms with Crippen LogP contribution in [0.25, 0.3) is 31.2 Å². The van der Waals surface area contributed by atoms with Crippen molar-refractivity contribution in [2.24, 2.45) is 0 Å². The van der Waals surface area contributed by atoms with Gasteiger partial charge in [0, 0.05) is 10.8 Å². The maximum absolute atomic E-state index is 4.26. The van der Waals surface area contributed by atoms with Crippen LogP contribution in [0.15, 0.2) is 12.1 Å². The average Bonchev–Trinajstić information content (AvgIpc) is 2.98. The van der Waals surface area contributed by atoms with Crippen LogP contribution in [0.4, 0.5) is 0 Å². The number of aryl methyl sites for hydroxylation is 2. The molecule has 0 atom stereocenters. The van der Waals surface area contributed by atoms with Gasteiger partial charge in [0.2, 0.25) is 0 Å². The molecule has 0 aliphatic rings. The molecule has 0 unspecified atom stereocenters. The number of rotatable bonds is 0. The lowest BCUT2D eigenvalue weighted by Gasteiger charge is -2.04. The standard InChI is InChI=1S/C12H8N4S2/c1-5-3-7-8(9-11(5)17-15-13-9)4-6(2)12-10(7)14-16-18-12/h3-4H,1-2H3. The van der Waals surface area contributed by atoms with Gasteiger partial charge in [0.05, 0.1) is 9.40 Å². The molecule has 2 aromatic heterocycles. The minimum absolute atomic E-state index is 0.980. The largest absolute Gasteiger partial charge is 0.137 e. The predicted molar refractivity (Wildman–Crippen MR) is 75.4 cm³/mol. The highest BCUT2D eigenvalue weighted by Crippen LogP contribution is 2.35. The van der Waals surface area contributed by atoms with Crippen LogP contribution in [0.2, 0.25) is 0 Å². The molecule has 4 aromatic rings. The van der Waals surface area contributed by atoms with E-state index in [9.17, 15) is 0 Å². The van der Waals surface area contributed by atoms with E-state index in [4.69, 9.17) is 0 Å². The molecule has 0 saturated heterocycles. The summed E-state index contributed by atoms with van der Waals surface area (Å²) >= 11 is 2.90. The Bertz CT molecular complexity index is 831. The molecule has 0 saturated carbocycles. The van der Waals surface area contributed by atoms with Crippen LogP contribution in [0.1, 0.15) is 11.1 Å². The van der Waals surface area contributed by atoms with Gasteiger partial charge in [-0.05, 0) is 60.2 Å². The molecule has 18 heavy (non-hydrogen) atoms. The van der Waals surface area contributed by atoms with E-state index in [0.717, 1.165) is 31.2 Å². The maximum Gasteiger partial charge on any atom is 0.114 e. The third-order valence-corrected chi connectivity index (χ3v) is 4.94. The fraction of sp³-hybridized carbons (Fsp3) is 0.167. The molecular formula is C12H8N4S2. The van der Waals surface area contributed by atoms with E-state index in [-0.39, 0.29) is 0 Å². The van der Waals surface area contributed by atoms with E-state index >= 15 is 0 Å². The molecule has 2 aromatic carbocycles. The van der Waals surface area contributed by atoms with Crippen molar-refractivity contribution < 1.29 is 0 Å². The van der Waals surface area contributed by atoms with Crippen LogP contribution in [0, 0.1) is 13.8 Å². The average molecular weight is 272 g/mol. The van der Waals surface area contributed by atoms with Gasteiger partial charge in [-0.2, -0.15) is 0 Å². The topological polar surface area (TPSA) is 51.6 Å². The van der Waals surface area contributed by atoms with Crippen LogP contribution in [0.3, 0.4) is 0 Å². The van der Waals surface area contributed by atoms with E-state index in [1.807, 2.05) is 0 Å². The van der Waals surface area contributed by atoms with Crippen molar-refractivity contribution in [2.75, 3.05) is 0 Å². The summed E-state index contributed by atoms with van der Waals surface area (Å²) in [4.78, 5) is 0. The number of fused-ring (bicyclic) bond motifs is 5. The zero-order valence-electron chi connectivity index (χ0n) is 9.76. The monoisotopic (exact) mass is 272 g/mol. The molecule has 4 rings (SSSR count). The van der Waals surface area contributed by atoms with Crippen molar-refractivity contribution in [2.45, 2.75) is 13.8 Å². The highest BCUT2D eigenvalue weighted by molar-refractivity contribution is 7.13. The highest BCUT2D eigenvalue weighted by atomic mass is 32.1. The first kappa shape index (κ1) is 10.3. The Morgan fingerprint density at radius 1 is 0.778 bits per heavy atom. The summed E-state index contributed by atoms with van der Waals surface area (Å²) in [6, 6.07) is 4.33. The Hall–Kier alpha value is -1.66. The van der Waals surface area contributed by atoms with E-state index < -0.39 is 0 Å². The van der Waals surface area contributed by atoms with Gasteiger partial charge in [0.15, 0.2) is 0 Å². The van der Waals surface area contributed by atoms with Crippen molar-refractivity contribution in [1.29, 1.82) is 0 Å². The fourth-order valence-corrected chi connectivity index (χ4v) is 3.65. The summed E-state index contributed by atoms with van der Waals surface area (Å²) in [7, 11) is 0. The summed E-state index contributed by atoms with van der Waals surface area (Å²) in [6.45, 7) is 4.18. The predicted octanol–water partition coefficient (Wildman–Crippen LogP) is 3.47. The van der Waals surface area contributed by atoms with Crippen molar-refractivity contribution in [3.63, 3.8) is 0 Å². The number of benzene rings is 2. The van der Waals surface area contributed by atoms with E-state index in [1.165, 1.54) is 34.2 Å². The second kappa shape index (κ2) is 3.43. The molecule has 6 heteroatoms. The van der Waals surface area contributed by atoms with E-state index in [0.29, 0.717) is 0 Å². The third-order valence-electron chi connectivity index (χ3n) is 3.21. The van der Waals surface area contributed by atoms with Crippen LogP contribution >= 0.6 is 23.1 Å². The van der Waals surface area contributed by atoms with E-state index in [1.54, 1.807) is 0 Å². The van der Waals surface area contributed by atoms with Gasteiger partial charge in [-0.3, -0.25) is 0 Å². The molecule has 0 N–H and O–H groups in total.